The monoisotopic (exact) mass is 185 g/mol. The average Bonchev–Trinajstić information content (AvgIpc) is 2.04. The van der Waals surface area contributed by atoms with Gasteiger partial charge in [0.05, 0.1) is 0 Å². The summed E-state index contributed by atoms with van der Waals surface area (Å²) in [4.78, 5) is 21.8. The van der Waals surface area contributed by atoms with Crippen molar-refractivity contribution in [2.75, 3.05) is 6.54 Å². The highest BCUT2D eigenvalue weighted by molar-refractivity contribution is 5.97. The Morgan fingerprint density at radius 3 is 2.69 bits per heavy atom. The summed E-state index contributed by atoms with van der Waals surface area (Å²) in [6, 6.07) is 0. The molecule has 1 rings (SSSR count). The molecule has 0 aromatic heterocycles. The molecule has 0 aromatic rings. The van der Waals surface area contributed by atoms with E-state index in [9.17, 15) is 9.59 Å². The summed E-state index contributed by atoms with van der Waals surface area (Å²) in [7, 11) is 0. The van der Waals surface area contributed by atoms with Gasteiger partial charge in [-0.15, -0.1) is 0 Å². The molecular weight excluding hydrogens is 170 g/mol. The number of rotatable bonds is 2. The molecule has 1 aliphatic rings. The van der Waals surface area contributed by atoms with Gasteiger partial charge in [-0.1, -0.05) is 13.8 Å². The van der Waals surface area contributed by atoms with Gasteiger partial charge in [-0.25, -0.2) is 0 Å². The van der Waals surface area contributed by atoms with Gasteiger partial charge < -0.3 is 10.4 Å². The van der Waals surface area contributed by atoms with E-state index in [2.05, 4.69) is 5.32 Å². The van der Waals surface area contributed by atoms with Crippen LogP contribution in [0.5, 0.6) is 0 Å². The van der Waals surface area contributed by atoms with Crippen molar-refractivity contribution in [3.05, 3.63) is 0 Å². The topological polar surface area (TPSA) is 66.4 Å². The smallest absolute Gasteiger partial charge is 0.316 e. The number of amides is 1. The Morgan fingerprint density at radius 1 is 1.62 bits per heavy atom. The third kappa shape index (κ3) is 2.20. The maximum atomic E-state index is 11.1. The predicted molar refractivity (Wildman–Crippen MR) is 47.1 cm³/mol. The highest BCUT2D eigenvalue weighted by Crippen LogP contribution is 2.23. The van der Waals surface area contributed by atoms with Crippen LogP contribution in [0.3, 0.4) is 0 Å². The molecule has 2 N–H and O–H groups in total. The second kappa shape index (κ2) is 3.77. The molecule has 0 aromatic carbocycles. The van der Waals surface area contributed by atoms with Crippen molar-refractivity contribution in [1.82, 2.24) is 5.32 Å². The van der Waals surface area contributed by atoms with E-state index in [4.69, 9.17) is 5.11 Å². The lowest BCUT2D eigenvalue weighted by Gasteiger charge is -2.29. The van der Waals surface area contributed by atoms with Crippen LogP contribution >= 0.6 is 0 Å². The van der Waals surface area contributed by atoms with Gasteiger partial charge in [0.2, 0.25) is 5.91 Å². The van der Waals surface area contributed by atoms with Gasteiger partial charge in [-0.05, 0) is 18.3 Å². The van der Waals surface area contributed by atoms with Gasteiger partial charge in [0.1, 0.15) is 5.92 Å². The number of carboxylic acids is 1. The zero-order valence-electron chi connectivity index (χ0n) is 7.91. The van der Waals surface area contributed by atoms with Gasteiger partial charge in [0.25, 0.3) is 0 Å². The number of nitrogens with one attached hydrogen (secondary N) is 1. The highest BCUT2D eigenvalue weighted by atomic mass is 16.4. The Hall–Kier alpha value is -1.06. The first-order valence-corrected chi connectivity index (χ1v) is 4.53. The van der Waals surface area contributed by atoms with Gasteiger partial charge in [0, 0.05) is 6.54 Å². The number of carboxylic acid groups (broad SMARTS) is 1. The zero-order chi connectivity index (χ0) is 10.0. The molecule has 1 fully saturated rings. The molecule has 0 bridgehead atoms. The molecule has 4 nitrogen and oxygen atoms in total. The fourth-order valence-electron chi connectivity index (χ4n) is 1.57. The predicted octanol–water partition coefficient (Wildman–Crippen LogP) is 0.479. The van der Waals surface area contributed by atoms with Crippen molar-refractivity contribution >= 4 is 11.9 Å². The summed E-state index contributed by atoms with van der Waals surface area (Å²) in [6.07, 6.45) is 0.471. The quantitative estimate of drug-likeness (QED) is 0.615. The van der Waals surface area contributed by atoms with Crippen LogP contribution in [0, 0.1) is 17.8 Å². The van der Waals surface area contributed by atoms with E-state index in [1.54, 1.807) is 0 Å². The summed E-state index contributed by atoms with van der Waals surface area (Å²) in [5, 5.41) is 11.4. The minimum Gasteiger partial charge on any atom is -0.481 e. The first-order valence-electron chi connectivity index (χ1n) is 4.53. The fourth-order valence-corrected chi connectivity index (χ4v) is 1.57. The average molecular weight is 185 g/mol. The Balaban J connectivity index is 2.63. The van der Waals surface area contributed by atoms with Crippen LogP contribution in [-0.4, -0.2) is 23.5 Å². The first kappa shape index (κ1) is 10.0. The zero-order valence-corrected chi connectivity index (χ0v) is 7.91. The van der Waals surface area contributed by atoms with Gasteiger partial charge in [0.15, 0.2) is 0 Å². The first-order chi connectivity index (χ1) is 6.02. The van der Waals surface area contributed by atoms with Crippen LogP contribution in [0.15, 0.2) is 0 Å². The van der Waals surface area contributed by atoms with Crippen LogP contribution in [0.2, 0.25) is 0 Å². The molecule has 0 saturated carbocycles. The summed E-state index contributed by atoms with van der Waals surface area (Å²) in [5.41, 5.74) is 0. The molecule has 74 valence electrons. The van der Waals surface area contributed by atoms with Crippen LogP contribution in [0.25, 0.3) is 0 Å². The van der Waals surface area contributed by atoms with Crippen molar-refractivity contribution in [1.29, 1.82) is 0 Å². The Bertz CT molecular complexity index is 225. The fraction of sp³-hybridized carbons (Fsp3) is 0.778. The van der Waals surface area contributed by atoms with Crippen LogP contribution in [0.4, 0.5) is 0 Å². The van der Waals surface area contributed by atoms with E-state index in [1.165, 1.54) is 0 Å². The summed E-state index contributed by atoms with van der Waals surface area (Å²) in [5.74, 6) is -1.49. The Morgan fingerprint density at radius 2 is 2.23 bits per heavy atom. The number of hydrogen-bond donors (Lipinski definition) is 2. The number of piperidine rings is 1. The minimum atomic E-state index is -1.01. The van der Waals surface area contributed by atoms with Crippen LogP contribution in [0.1, 0.15) is 20.3 Å². The molecule has 4 heteroatoms. The normalized spacial score (nSPS) is 28.7. The molecule has 1 saturated heterocycles. The molecule has 1 amide bonds. The highest BCUT2D eigenvalue weighted by Gasteiger charge is 2.34. The van der Waals surface area contributed by atoms with Crippen molar-refractivity contribution in [2.45, 2.75) is 20.3 Å². The number of carbonyl (C=O) groups excluding carboxylic acids is 1. The van der Waals surface area contributed by atoms with Gasteiger partial charge in [-0.2, -0.15) is 0 Å². The van der Waals surface area contributed by atoms with Crippen LogP contribution < -0.4 is 5.32 Å². The number of hydrogen-bond acceptors (Lipinski definition) is 2. The summed E-state index contributed by atoms with van der Waals surface area (Å²) >= 11 is 0. The second-order valence-electron chi connectivity index (χ2n) is 3.88. The van der Waals surface area contributed by atoms with E-state index in [1.807, 2.05) is 13.8 Å². The maximum absolute atomic E-state index is 11.1. The van der Waals surface area contributed by atoms with Gasteiger partial charge in [-0.3, -0.25) is 9.59 Å². The van der Waals surface area contributed by atoms with E-state index < -0.39 is 11.9 Å². The molecule has 0 aliphatic carbocycles. The molecule has 2 atom stereocenters. The lowest BCUT2D eigenvalue weighted by atomic mass is 9.83. The Labute approximate surface area is 77.3 Å². The molecule has 1 heterocycles. The molecule has 13 heavy (non-hydrogen) atoms. The van der Waals surface area contributed by atoms with E-state index in [0.717, 1.165) is 0 Å². The largest absolute Gasteiger partial charge is 0.481 e. The number of carbonyl (C=O) groups is 2. The third-order valence-electron chi connectivity index (χ3n) is 2.63. The molecule has 1 aliphatic heterocycles. The second-order valence-corrected chi connectivity index (χ2v) is 3.88. The van der Waals surface area contributed by atoms with Crippen molar-refractivity contribution in [3.63, 3.8) is 0 Å². The van der Waals surface area contributed by atoms with Gasteiger partial charge >= 0.3 is 5.97 Å². The number of aliphatic carboxylic acids is 1. The SMILES string of the molecule is CC(C)C1CNC(=O)C(C(=O)O)C1. The minimum absolute atomic E-state index is 0.291. The lowest BCUT2D eigenvalue weighted by molar-refractivity contribution is -0.149. The van der Waals surface area contributed by atoms with E-state index in [0.29, 0.717) is 24.8 Å². The maximum Gasteiger partial charge on any atom is 0.316 e. The molecular formula is C9H15NO3. The van der Waals surface area contributed by atoms with E-state index >= 15 is 0 Å². The third-order valence-corrected chi connectivity index (χ3v) is 2.63. The molecule has 0 radical (unpaired) electrons. The standard InChI is InChI=1S/C9H15NO3/c1-5(2)6-3-7(9(12)13)8(11)10-4-6/h5-7H,3-4H2,1-2H3,(H,10,11)(H,12,13). The summed E-state index contributed by atoms with van der Waals surface area (Å²) < 4.78 is 0. The van der Waals surface area contributed by atoms with Crippen molar-refractivity contribution in [3.8, 4) is 0 Å². The van der Waals surface area contributed by atoms with Crippen molar-refractivity contribution < 1.29 is 14.7 Å². The van der Waals surface area contributed by atoms with Crippen molar-refractivity contribution in [2.24, 2.45) is 17.8 Å². The van der Waals surface area contributed by atoms with Crippen LogP contribution in [-0.2, 0) is 9.59 Å². The molecule has 2 unspecified atom stereocenters. The molecule has 0 spiro atoms. The van der Waals surface area contributed by atoms with E-state index in [-0.39, 0.29) is 5.91 Å². The summed E-state index contributed by atoms with van der Waals surface area (Å²) in [6.45, 7) is 4.70. The lowest BCUT2D eigenvalue weighted by Crippen LogP contribution is -2.46. The Kier molecular flexibility index (Phi) is 2.90.